The second-order valence-electron chi connectivity index (χ2n) is 10.3. The molecule has 1 aromatic carbocycles. The van der Waals surface area contributed by atoms with Crippen LogP contribution in [0.3, 0.4) is 0 Å². The zero-order valence-corrected chi connectivity index (χ0v) is 22.6. The largest absolute Gasteiger partial charge is 0.339 e. The molecule has 0 bridgehead atoms. The summed E-state index contributed by atoms with van der Waals surface area (Å²) in [6.45, 7) is 8.46. The van der Waals surface area contributed by atoms with Crippen LogP contribution in [-0.2, 0) is 4.79 Å². The maximum absolute atomic E-state index is 13.3. The molecule has 3 fully saturated rings. The van der Waals surface area contributed by atoms with Crippen molar-refractivity contribution in [1.82, 2.24) is 29.5 Å². The van der Waals surface area contributed by atoms with Crippen molar-refractivity contribution in [3.8, 4) is 11.3 Å². The van der Waals surface area contributed by atoms with Crippen LogP contribution in [0, 0.1) is 0 Å². The van der Waals surface area contributed by atoms with Crippen LogP contribution in [0.2, 0.25) is 5.15 Å². The van der Waals surface area contributed by atoms with E-state index in [1.54, 1.807) is 17.9 Å². The Morgan fingerprint density at radius 3 is 1.97 bits per heavy atom. The van der Waals surface area contributed by atoms with Gasteiger partial charge in [-0.15, -0.1) is 0 Å². The molecule has 202 valence electrons. The van der Waals surface area contributed by atoms with E-state index in [1.807, 2.05) is 51.1 Å². The second kappa shape index (κ2) is 11.7. The third-order valence-corrected chi connectivity index (χ3v) is 8.15. The first-order valence-electron chi connectivity index (χ1n) is 13.4. The van der Waals surface area contributed by atoms with Gasteiger partial charge in [0, 0.05) is 89.5 Å². The maximum atomic E-state index is 13.3. The van der Waals surface area contributed by atoms with Crippen LogP contribution >= 0.6 is 11.6 Å². The average Bonchev–Trinajstić information content (AvgIpc) is 2.97. The van der Waals surface area contributed by atoms with Crippen molar-refractivity contribution in [2.24, 2.45) is 0 Å². The highest BCUT2D eigenvalue weighted by Gasteiger charge is 2.33. The molecular formula is C28H35ClN6O3. The smallest absolute Gasteiger partial charge is 0.320 e. The first kappa shape index (κ1) is 26.4. The monoisotopic (exact) mass is 538 g/mol. The predicted molar refractivity (Wildman–Crippen MR) is 146 cm³/mol. The highest BCUT2D eigenvalue weighted by atomic mass is 35.5. The van der Waals surface area contributed by atoms with Gasteiger partial charge < -0.3 is 19.6 Å². The number of rotatable bonds is 3. The zero-order chi connectivity index (χ0) is 26.6. The molecule has 0 N–H and O–H groups in total. The van der Waals surface area contributed by atoms with Gasteiger partial charge in [0.25, 0.3) is 5.91 Å². The van der Waals surface area contributed by atoms with Crippen molar-refractivity contribution in [2.45, 2.75) is 25.8 Å². The minimum Gasteiger partial charge on any atom is -0.339 e. The molecule has 10 heteroatoms. The molecule has 0 unspecified atom stereocenters. The summed E-state index contributed by atoms with van der Waals surface area (Å²) in [6, 6.07) is 13.7. The second-order valence-corrected chi connectivity index (χ2v) is 10.6. The van der Waals surface area contributed by atoms with Gasteiger partial charge in [0.15, 0.2) is 0 Å². The topological polar surface area (TPSA) is 80.3 Å². The number of halogens is 1. The fraction of sp³-hybridized carbons (Fsp3) is 0.500. The Hall–Kier alpha value is -3.17. The highest BCUT2D eigenvalue weighted by molar-refractivity contribution is 6.30. The Balaban J connectivity index is 1.10. The van der Waals surface area contributed by atoms with E-state index >= 15 is 0 Å². The summed E-state index contributed by atoms with van der Waals surface area (Å²) in [6.07, 6.45) is 1.88. The number of hydrogen-bond donors (Lipinski definition) is 0. The van der Waals surface area contributed by atoms with E-state index in [4.69, 9.17) is 11.6 Å². The summed E-state index contributed by atoms with van der Waals surface area (Å²) in [7, 11) is 0. The van der Waals surface area contributed by atoms with Crippen molar-refractivity contribution in [3.05, 3.63) is 53.2 Å². The lowest BCUT2D eigenvalue weighted by Gasteiger charge is -2.44. The van der Waals surface area contributed by atoms with Gasteiger partial charge in [-0.05, 0) is 25.0 Å². The molecule has 1 aromatic heterocycles. The van der Waals surface area contributed by atoms with Gasteiger partial charge >= 0.3 is 6.03 Å². The van der Waals surface area contributed by atoms with Crippen molar-refractivity contribution >= 4 is 29.4 Å². The molecule has 9 nitrogen and oxygen atoms in total. The minimum atomic E-state index is -0.0172. The summed E-state index contributed by atoms with van der Waals surface area (Å²) in [5.74, 6) is 0.0534. The molecule has 0 saturated carbocycles. The van der Waals surface area contributed by atoms with E-state index < -0.39 is 0 Å². The molecule has 0 radical (unpaired) electrons. The quantitative estimate of drug-likeness (QED) is 0.561. The third kappa shape index (κ3) is 5.94. The van der Waals surface area contributed by atoms with Crippen LogP contribution in [-0.4, -0.2) is 119 Å². The number of benzene rings is 1. The molecule has 0 spiro atoms. The summed E-state index contributed by atoms with van der Waals surface area (Å²) < 4.78 is 0. The molecule has 3 aliphatic rings. The molecule has 4 heterocycles. The normalized spacial score (nSPS) is 19.5. The number of hydrogen-bond acceptors (Lipinski definition) is 5. The predicted octanol–water partition coefficient (Wildman–Crippen LogP) is 2.91. The van der Waals surface area contributed by atoms with Crippen LogP contribution in [0.5, 0.6) is 0 Å². The van der Waals surface area contributed by atoms with Gasteiger partial charge in [-0.2, -0.15) is 0 Å². The number of aromatic nitrogens is 1. The first-order valence-corrected chi connectivity index (χ1v) is 13.8. The molecule has 4 amide bonds. The molecule has 0 atom stereocenters. The highest BCUT2D eigenvalue weighted by Crippen LogP contribution is 2.24. The van der Waals surface area contributed by atoms with Crippen molar-refractivity contribution in [2.75, 3.05) is 65.4 Å². The Morgan fingerprint density at radius 2 is 1.34 bits per heavy atom. The Morgan fingerprint density at radius 1 is 0.763 bits per heavy atom. The lowest BCUT2D eigenvalue weighted by atomic mass is 10.0. The minimum absolute atomic E-state index is 0.0172. The summed E-state index contributed by atoms with van der Waals surface area (Å²) in [5, 5.41) is 0.315. The van der Waals surface area contributed by atoms with E-state index in [1.165, 1.54) is 0 Å². The van der Waals surface area contributed by atoms with Crippen LogP contribution in [0.4, 0.5) is 4.79 Å². The lowest BCUT2D eigenvalue weighted by molar-refractivity contribution is -0.130. The van der Waals surface area contributed by atoms with Gasteiger partial charge in [0.1, 0.15) is 5.15 Å². The molecule has 5 rings (SSSR count). The summed E-state index contributed by atoms with van der Waals surface area (Å²) in [5.41, 5.74) is 2.19. The zero-order valence-electron chi connectivity index (χ0n) is 21.9. The molecule has 3 saturated heterocycles. The SMILES string of the molecule is CC(=O)N1CCN(C(=O)N2CCC(N3CCN(C(=O)c4cc(Cl)nc(-c5ccccc5)c4)CC3)CC2)CC1. The number of piperazine rings is 2. The third-order valence-electron chi connectivity index (χ3n) is 7.96. The van der Waals surface area contributed by atoms with E-state index in [9.17, 15) is 14.4 Å². The standard InChI is InChI=1S/C28H35ClN6O3/c1-21(36)31-11-17-35(18-12-31)28(38)34-9-7-24(8-10-34)32-13-15-33(16-14-32)27(37)23-19-25(30-26(29)20-23)22-5-3-2-4-6-22/h2-6,19-20,24H,7-18H2,1H3. The number of pyridine rings is 1. The molecule has 2 aromatic rings. The van der Waals surface area contributed by atoms with E-state index in [0.717, 1.165) is 44.6 Å². The fourth-order valence-electron chi connectivity index (χ4n) is 5.68. The van der Waals surface area contributed by atoms with Crippen LogP contribution in [0.25, 0.3) is 11.3 Å². The molecule has 38 heavy (non-hydrogen) atoms. The van der Waals surface area contributed by atoms with E-state index in [-0.39, 0.29) is 17.8 Å². The van der Waals surface area contributed by atoms with E-state index in [2.05, 4.69) is 9.88 Å². The van der Waals surface area contributed by atoms with Gasteiger partial charge in [-0.1, -0.05) is 41.9 Å². The average molecular weight is 539 g/mol. The number of amides is 4. The van der Waals surface area contributed by atoms with Gasteiger partial charge in [-0.3, -0.25) is 14.5 Å². The van der Waals surface area contributed by atoms with Gasteiger partial charge in [0.2, 0.25) is 5.91 Å². The Labute approximate surface area is 228 Å². The number of urea groups is 1. The fourth-order valence-corrected chi connectivity index (χ4v) is 5.89. The first-order chi connectivity index (χ1) is 18.4. The van der Waals surface area contributed by atoms with Crippen molar-refractivity contribution in [1.29, 1.82) is 0 Å². The van der Waals surface area contributed by atoms with Crippen LogP contribution < -0.4 is 0 Å². The Kier molecular flexibility index (Phi) is 8.14. The Bertz CT molecular complexity index is 1150. The number of piperidine rings is 1. The number of carbonyl (C=O) groups is 3. The maximum Gasteiger partial charge on any atom is 0.320 e. The van der Waals surface area contributed by atoms with Crippen molar-refractivity contribution in [3.63, 3.8) is 0 Å². The van der Waals surface area contributed by atoms with Crippen molar-refractivity contribution < 1.29 is 14.4 Å². The molecule has 3 aliphatic heterocycles. The van der Waals surface area contributed by atoms with Gasteiger partial charge in [-0.25, -0.2) is 9.78 Å². The summed E-state index contributed by atoms with van der Waals surface area (Å²) >= 11 is 6.27. The molecular weight excluding hydrogens is 504 g/mol. The lowest BCUT2D eigenvalue weighted by Crippen LogP contribution is -2.57. The molecule has 0 aliphatic carbocycles. The number of nitrogens with zero attached hydrogens (tertiary/aromatic N) is 6. The van der Waals surface area contributed by atoms with Gasteiger partial charge in [0.05, 0.1) is 5.69 Å². The summed E-state index contributed by atoms with van der Waals surface area (Å²) in [4.78, 5) is 52.2. The van der Waals surface area contributed by atoms with Crippen LogP contribution in [0.15, 0.2) is 42.5 Å². The van der Waals surface area contributed by atoms with Crippen LogP contribution in [0.1, 0.15) is 30.1 Å². The number of carbonyl (C=O) groups excluding carboxylic acids is 3. The number of likely N-dealkylation sites (tertiary alicyclic amines) is 1. The van der Waals surface area contributed by atoms with E-state index in [0.29, 0.717) is 61.7 Å².